The van der Waals surface area contributed by atoms with Crippen LogP contribution < -0.4 is 10.1 Å². The van der Waals surface area contributed by atoms with Gasteiger partial charge in [0.25, 0.3) is 5.91 Å². The van der Waals surface area contributed by atoms with Crippen LogP contribution in [0.2, 0.25) is 0 Å². The zero-order valence-electron chi connectivity index (χ0n) is 22.5. The van der Waals surface area contributed by atoms with E-state index >= 15 is 0 Å². The third-order valence-electron chi connectivity index (χ3n) is 5.50. The number of nitrogens with one attached hydrogen (secondary N) is 1. The van der Waals surface area contributed by atoms with Crippen LogP contribution >= 0.6 is 0 Å². The molecule has 1 heterocycles. The summed E-state index contributed by atoms with van der Waals surface area (Å²) in [4.78, 5) is 30.4. The maximum Gasteiger partial charge on any atom is 0.276 e. The predicted molar refractivity (Wildman–Crippen MR) is 149 cm³/mol. The van der Waals surface area contributed by atoms with Gasteiger partial charge in [-0.05, 0) is 62.1 Å². The number of aliphatic hydroxyl groups excluding tert-OH is 1. The summed E-state index contributed by atoms with van der Waals surface area (Å²) in [7, 11) is 1.85. The number of allylic oxidation sites excluding steroid dienone is 3. The van der Waals surface area contributed by atoms with Crippen molar-refractivity contribution in [3.05, 3.63) is 96.1 Å². The average molecular weight is 520 g/mol. The number of rotatable bonds is 14. The van der Waals surface area contributed by atoms with E-state index in [-0.39, 0.29) is 29.9 Å². The number of aliphatic hydroxyl groups is 1. The maximum absolute atomic E-state index is 12.3. The van der Waals surface area contributed by atoms with Crippen molar-refractivity contribution in [1.82, 2.24) is 10.2 Å². The SMILES string of the molecule is C=C(/C=C(\C=C\C(=O)NC1=C=CN(C)C=C1)O[C@@H](C)CO)Oc1ccc(C(=O)/N=C/CCC(C)CC)cc1. The van der Waals surface area contributed by atoms with Gasteiger partial charge in [-0.1, -0.05) is 32.6 Å². The summed E-state index contributed by atoms with van der Waals surface area (Å²) in [6, 6.07) is 6.57. The molecule has 1 unspecified atom stereocenters. The molecule has 0 aromatic heterocycles. The van der Waals surface area contributed by atoms with Crippen LogP contribution in [0, 0.1) is 5.92 Å². The van der Waals surface area contributed by atoms with E-state index in [2.05, 4.69) is 36.5 Å². The smallest absolute Gasteiger partial charge is 0.276 e. The van der Waals surface area contributed by atoms with Crippen molar-refractivity contribution in [3.63, 3.8) is 0 Å². The van der Waals surface area contributed by atoms with E-state index in [4.69, 9.17) is 9.47 Å². The molecule has 2 N–H and O–H groups in total. The normalized spacial score (nSPS) is 14.9. The summed E-state index contributed by atoms with van der Waals surface area (Å²) >= 11 is 0. The first kappa shape index (κ1) is 30.1. The lowest BCUT2D eigenvalue weighted by atomic mass is 10.0. The van der Waals surface area contributed by atoms with Gasteiger partial charge in [0.2, 0.25) is 5.91 Å². The quantitative estimate of drug-likeness (QED) is 0.118. The Kier molecular flexibility index (Phi) is 12.6. The Bertz CT molecular complexity index is 1150. The highest BCUT2D eigenvalue weighted by Crippen LogP contribution is 2.18. The number of amides is 2. The molecular formula is C30H37N3O5. The van der Waals surface area contributed by atoms with Crippen LogP contribution in [-0.2, 0) is 9.53 Å². The van der Waals surface area contributed by atoms with Gasteiger partial charge in [0, 0.05) is 43.4 Å². The maximum atomic E-state index is 12.3. The zero-order valence-corrected chi connectivity index (χ0v) is 22.5. The van der Waals surface area contributed by atoms with Crippen molar-refractivity contribution >= 4 is 18.0 Å². The highest BCUT2D eigenvalue weighted by Gasteiger charge is 2.08. The molecule has 202 valence electrons. The summed E-state index contributed by atoms with van der Waals surface area (Å²) in [6.07, 6.45) is 13.5. The van der Waals surface area contributed by atoms with Gasteiger partial charge in [-0.25, -0.2) is 4.99 Å². The van der Waals surface area contributed by atoms with Crippen LogP contribution in [0.15, 0.2) is 95.5 Å². The molecule has 0 saturated heterocycles. The Morgan fingerprint density at radius 1 is 1.24 bits per heavy atom. The Balaban J connectivity index is 2.00. The average Bonchev–Trinajstić information content (AvgIpc) is 2.91. The lowest BCUT2D eigenvalue weighted by Gasteiger charge is -2.14. The van der Waals surface area contributed by atoms with Gasteiger partial charge in [0.05, 0.1) is 12.3 Å². The van der Waals surface area contributed by atoms with Crippen molar-refractivity contribution in [1.29, 1.82) is 0 Å². The lowest BCUT2D eigenvalue weighted by molar-refractivity contribution is -0.115. The third kappa shape index (κ3) is 11.3. The Morgan fingerprint density at radius 3 is 2.61 bits per heavy atom. The summed E-state index contributed by atoms with van der Waals surface area (Å²) in [6.45, 7) is 9.68. The van der Waals surface area contributed by atoms with Crippen molar-refractivity contribution in [3.8, 4) is 5.75 Å². The number of aliphatic imine (C=N–C) groups is 1. The number of nitrogens with zero attached hydrogens (tertiary/aromatic N) is 2. The molecule has 0 saturated carbocycles. The molecule has 0 fully saturated rings. The molecule has 2 rings (SSSR count). The van der Waals surface area contributed by atoms with E-state index < -0.39 is 6.10 Å². The summed E-state index contributed by atoms with van der Waals surface area (Å²) in [5, 5.41) is 12.1. The van der Waals surface area contributed by atoms with E-state index in [1.165, 1.54) is 18.2 Å². The van der Waals surface area contributed by atoms with Crippen molar-refractivity contribution in [2.24, 2.45) is 10.9 Å². The Morgan fingerprint density at radius 2 is 1.97 bits per heavy atom. The van der Waals surface area contributed by atoms with Crippen LogP contribution in [-0.4, -0.2) is 47.8 Å². The van der Waals surface area contributed by atoms with Crippen LogP contribution in [0.25, 0.3) is 0 Å². The third-order valence-corrected chi connectivity index (χ3v) is 5.50. The first-order valence-corrected chi connectivity index (χ1v) is 12.6. The van der Waals surface area contributed by atoms with Crippen LogP contribution in [0.1, 0.15) is 50.4 Å². The van der Waals surface area contributed by atoms with Gasteiger partial charge in [0.1, 0.15) is 23.4 Å². The molecule has 0 aliphatic carbocycles. The molecule has 0 radical (unpaired) electrons. The molecule has 0 bridgehead atoms. The van der Waals surface area contributed by atoms with Crippen LogP contribution in [0.4, 0.5) is 0 Å². The molecule has 1 aromatic rings. The first-order chi connectivity index (χ1) is 18.2. The van der Waals surface area contributed by atoms with Crippen LogP contribution in [0.5, 0.6) is 5.75 Å². The molecule has 1 aromatic carbocycles. The molecule has 38 heavy (non-hydrogen) atoms. The standard InChI is InChI=1S/C30H37N3O5/c1-6-22(2)8-7-17-31-30(36)25-9-11-27(12-10-25)37-23(3)20-28(38-24(4)21-34)13-14-29(35)32-26-15-18-33(5)19-16-26/h9-15,17-20,22,24,34H,3,6-8,21H2,1-2,4-5H3,(H,32,35)/b14-13+,28-20+,31-17+/t22?,24-/m0/s1. The van der Waals surface area contributed by atoms with Gasteiger partial charge in [0.15, 0.2) is 0 Å². The van der Waals surface area contributed by atoms with Crippen molar-refractivity contribution < 1.29 is 24.2 Å². The minimum Gasteiger partial charge on any atom is -0.488 e. The number of benzene rings is 1. The van der Waals surface area contributed by atoms with E-state index in [9.17, 15) is 14.7 Å². The Hall–Kier alpha value is -4.13. The second-order valence-corrected chi connectivity index (χ2v) is 8.95. The fraction of sp³-hybridized carbons (Fsp3) is 0.333. The fourth-order valence-electron chi connectivity index (χ4n) is 3.05. The summed E-state index contributed by atoms with van der Waals surface area (Å²) in [5.74, 6) is 0.897. The second-order valence-electron chi connectivity index (χ2n) is 8.95. The number of hydrogen-bond donors (Lipinski definition) is 2. The minimum absolute atomic E-state index is 0.212. The van der Waals surface area contributed by atoms with Crippen molar-refractivity contribution in [2.75, 3.05) is 13.7 Å². The van der Waals surface area contributed by atoms with Gasteiger partial charge >= 0.3 is 0 Å². The van der Waals surface area contributed by atoms with Gasteiger partial charge in [-0.2, -0.15) is 0 Å². The van der Waals surface area contributed by atoms with E-state index in [1.807, 2.05) is 7.05 Å². The van der Waals surface area contributed by atoms with E-state index in [0.29, 0.717) is 22.9 Å². The fourth-order valence-corrected chi connectivity index (χ4v) is 3.05. The largest absolute Gasteiger partial charge is 0.488 e. The number of ether oxygens (including phenoxy) is 2. The molecule has 8 heteroatoms. The number of carbonyl (C=O) groups excluding carboxylic acids is 2. The summed E-state index contributed by atoms with van der Waals surface area (Å²) < 4.78 is 11.4. The molecule has 1 aliphatic heterocycles. The zero-order chi connectivity index (χ0) is 27.9. The molecule has 2 atom stereocenters. The Labute approximate surface area is 225 Å². The van der Waals surface area contributed by atoms with Gasteiger partial charge < -0.3 is 24.8 Å². The molecule has 8 nitrogen and oxygen atoms in total. The molecule has 0 spiro atoms. The van der Waals surface area contributed by atoms with Crippen LogP contribution in [0.3, 0.4) is 0 Å². The minimum atomic E-state index is -0.514. The highest BCUT2D eigenvalue weighted by molar-refractivity contribution is 5.99. The monoisotopic (exact) mass is 519 g/mol. The second kappa shape index (κ2) is 15.9. The molecule has 2 amide bonds. The predicted octanol–water partition coefficient (Wildman–Crippen LogP) is 5.03. The van der Waals surface area contributed by atoms with E-state index in [0.717, 1.165) is 19.3 Å². The summed E-state index contributed by atoms with van der Waals surface area (Å²) in [5.41, 5.74) is 3.92. The number of hydrogen-bond acceptors (Lipinski definition) is 6. The van der Waals surface area contributed by atoms with Crippen molar-refractivity contribution in [2.45, 2.75) is 46.1 Å². The first-order valence-electron chi connectivity index (χ1n) is 12.6. The molecule has 1 aliphatic rings. The van der Waals surface area contributed by atoms with Gasteiger partial charge in [-0.15, -0.1) is 0 Å². The lowest BCUT2D eigenvalue weighted by Crippen LogP contribution is -2.20. The van der Waals surface area contributed by atoms with E-state index in [1.54, 1.807) is 60.8 Å². The topological polar surface area (TPSA) is 100 Å². The highest BCUT2D eigenvalue weighted by atomic mass is 16.5. The molecular weight excluding hydrogens is 482 g/mol. The number of carbonyl (C=O) groups is 2. The van der Waals surface area contributed by atoms with Gasteiger partial charge in [-0.3, -0.25) is 9.59 Å².